The van der Waals surface area contributed by atoms with Gasteiger partial charge in [0.1, 0.15) is 5.69 Å². The summed E-state index contributed by atoms with van der Waals surface area (Å²) in [6, 6.07) is 3.56. The zero-order chi connectivity index (χ0) is 9.84. The molecule has 1 aromatic rings. The number of amides is 1. The molecule has 0 aromatic carbocycles. The fourth-order valence-corrected chi connectivity index (χ4v) is 0.897. The van der Waals surface area contributed by atoms with Gasteiger partial charge in [-0.2, -0.15) is 0 Å². The molecule has 4 heteroatoms. The number of carbonyl (C=O) groups excluding carboxylic acids is 1. The van der Waals surface area contributed by atoms with Gasteiger partial charge in [0.25, 0.3) is 5.91 Å². The largest absolute Gasteiger partial charge is 0.295 e. The Morgan fingerprint density at radius 3 is 2.85 bits per heavy atom. The predicted octanol–water partition coefficient (Wildman–Crippen LogP) is 1.02. The summed E-state index contributed by atoms with van der Waals surface area (Å²) < 4.78 is 0. The van der Waals surface area contributed by atoms with Crippen LogP contribution in [0.25, 0.3) is 0 Å². The number of nitrogens with zero attached hydrogens (tertiary/aromatic N) is 2. The predicted molar refractivity (Wildman–Crippen MR) is 48.1 cm³/mol. The van der Waals surface area contributed by atoms with E-state index in [0.717, 1.165) is 10.6 Å². The summed E-state index contributed by atoms with van der Waals surface area (Å²) in [5, 5.41) is 1.14. The summed E-state index contributed by atoms with van der Waals surface area (Å²) in [6.07, 6.45) is 1.60. The third-order valence-corrected chi connectivity index (χ3v) is 1.69. The number of carbonyl (C=O) groups is 1. The summed E-state index contributed by atoms with van der Waals surface area (Å²) >= 11 is 0. The van der Waals surface area contributed by atoms with Gasteiger partial charge in [0.2, 0.25) is 0 Å². The lowest BCUT2D eigenvalue weighted by Crippen LogP contribution is -2.26. The van der Waals surface area contributed by atoms with Crippen molar-refractivity contribution < 1.29 is 9.63 Å². The van der Waals surface area contributed by atoms with Gasteiger partial charge in [0.15, 0.2) is 0 Å². The van der Waals surface area contributed by atoms with Crippen molar-refractivity contribution in [2.24, 2.45) is 0 Å². The molecule has 4 nitrogen and oxygen atoms in total. The standard InChI is InChI=1S/C9H12N2O2/c1-7-4-5-10-8(6-7)9(12)11(2)13-3/h4-6H,1-3H3. The van der Waals surface area contributed by atoms with E-state index in [4.69, 9.17) is 4.84 Å². The van der Waals surface area contributed by atoms with Crippen LogP contribution in [0.5, 0.6) is 0 Å². The first-order valence-corrected chi connectivity index (χ1v) is 3.90. The maximum Gasteiger partial charge on any atom is 0.295 e. The zero-order valence-corrected chi connectivity index (χ0v) is 7.94. The fourth-order valence-electron chi connectivity index (χ4n) is 0.897. The minimum absolute atomic E-state index is 0.244. The molecule has 0 bridgehead atoms. The molecule has 0 saturated carbocycles. The second-order valence-electron chi connectivity index (χ2n) is 2.70. The van der Waals surface area contributed by atoms with Crippen LogP contribution < -0.4 is 0 Å². The molecule has 0 N–H and O–H groups in total. The Morgan fingerprint density at radius 2 is 2.31 bits per heavy atom. The number of hydroxylamine groups is 2. The molecule has 0 aliphatic rings. The highest BCUT2D eigenvalue weighted by molar-refractivity contribution is 5.91. The highest BCUT2D eigenvalue weighted by Crippen LogP contribution is 2.02. The Bertz CT molecular complexity index is 312. The summed E-state index contributed by atoms with van der Waals surface area (Å²) in [4.78, 5) is 20.2. The van der Waals surface area contributed by atoms with E-state index in [1.807, 2.05) is 13.0 Å². The monoisotopic (exact) mass is 180 g/mol. The van der Waals surface area contributed by atoms with E-state index in [9.17, 15) is 4.79 Å². The average Bonchev–Trinajstić information content (AvgIpc) is 2.15. The normalized spacial score (nSPS) is 9.77. The van der Waals surface area contributed by atoms with Crippen molar-refractivity contribution in [3.8, 4) is 0 Å². The SMILES string of the molecule is CON(C)C(=O)c1cc(C)ccn1. The first-order valence-electron chi connectivity index (χ1n) is 3.90. The Labute approximate surface area is 77.1 Å². The first-order chi connectivity index (χ1) is 6.15. The van der Waals surface area contributed by atoms with Gasteiger partial charge >= 0.3 is 0 Å². The maximum atomic E-state index is 11.5. The van der Waals surface area contributed by atoms with E-state index in [-0.39, 0.29) is 5.91 Å². The molecule has 0 radical (unpaired) electrons. The Kier molecular flexibility index (Phi) is 2.97. The Hall–Kier alpha value is -1.42. The molecule has 1 aromatic heterocycles. The molecule has 13 heavy (non-hydrogen) atoms. The molecular weight excluding hydrogens is 168 g/mol. The van der Waals surface area contributed by atoms with Gasteiger partial charge in [-0.05, 0) is 24.6 Å². The molecule has 0 atom stereocenters. The minimum Gasteiger partial charge on any atom is -0.274 e. The molecule has 0 aliphatic heterocycles. The quantitative estimate of drug-likeness (QED) is 0.638. The van der Waals surface area contributed by atoms with E-state index in [0.29, 0.717) is 5.69 Å². The molecule has 0 spiro atoms. The highest BCUT2D eigenvalue weighted by Gasteiger charge is 2.11. The molecule has 0 saturated heterocycles. The average molecular weight is 180 g/mol. The molecule has 1 amide bonds. The van der Waals surface area contributed by atoms with Crippen LogP contribution in [-0.2, 0) is 4.84 Å². The lowest BCUT2D eigenvalue weighted by molar-refractivity contribution is -0.0760. The highest BCUT2D eigenvalue weighted by atomic mass is 16.7. The van der Waals surface area contributed by atoms with Crippen LogP contribution >= 0.6 is 0 Å². The number of pyridine rings is 1. The molecular formula is C9H12N2O2. The van der Waals surface area contributed by atoms with Crippen LogP contribution in [0.3, 0.4) is 0 Å². The second kappa shape index (κ2) is 4.00. The number of aryl methyl sites for hydroxylation is 1. The lowest BCUT2D eigenvalue weighted by atomic mass is 10.2. The van der Waals surface area contributed by atoms with Crippen molar-refractivity contribution in [3.63, 3.8) is 0 Å². The summed E-state index contributed by atoms with van der Waals surface area (Å²) in [7, 11) is 2.99. The molecule has 0 unspecified atom stereocenters. The van der Waals surface area contributed by atoms with Gasteiger partial charge in [-0.1, -0.05) is 0 Å². The molecule has 1 heterocycles. The smallest absolute Gasteiger partial charge is 0.274 e. The summed E-state index contributed by atoms with van der Waals surface area (Å²) in [6.45, 7) is 1.91. The van der Waals surface area contributed by atoms with Gasteiger partial charge < -0.3 is 0 Å². The van der Waals surface area contributed by atoms with Gasteiger partial charge in [0.05, 0.1) is 7.11 Å². The van der Waals surface area contributed by atoms with E-state index in [1.54, 1.807) is 19.3 Å². The third-order valence-electron chi connectivity index (χ3n) is 1.69. The van der Waals surface area contributed by atoms with Gasteiger partial charge in [0, 0.05) is 13.2 Å². The lowest BCUT2D eigenvalue weighted by Gasteiger charge is -2.12. The van der Waals surface area contributed by atoms with E-state index in [2.05, 4.69) is 4.98 Å². The van der Waals surface area contributed by atoms with Crippen molar-refractivity contribution in [3.05, 3.63) is 29.6 Å². The zero-order valence-electron chi connectivity index (χ0n) is 7.94. The third kappa shape index (κ3) is 2.26. The minimum atomic E-state index is -0.244. The second-order valence-corrected chi connectivity index (χ2v) is 2.70. The number of hydrogen-bond acceptors (Lipinski definition) is 3. The van der Waals surface area contributed by atoms with E-state index < -0.39 is 0 Å². The Morgan fingerprint density at radius 1 is 1.62 bits per heavy atom. The molecule has 1 rings (SSSR count). The topological polar surface area (TPSA) is 42.4 Å². The van der Waals surface area contributed by atoms with Crippen molar-refractivity contribution in [2.75, 3.05) is 14.2 Å². The van der Waals surface area contributed by atoms with Crippen LogP contribution in [0.2, 0.25) is 0 Å². The molecule has 0 fully saturated rings. The van der Waals surface area contributed by atoms with Gasteiger partial charge in [-0.3, -0.25) is 14.6 Å². The van der Waals surface area contributed by atoms with Crippen molar-refractivity contribution >= 4 is 5.91 Å². The number of aromatic nitrogens is 1. The summed E-state index contributed by atoms with van der Waals surface area (Å²) in [5.41, 5.74) is 1.40. The fraction of sp³-hybridized carbons (Fsp3) is 0.333. The van der Waals surface area contributed by atoms with Gasteiger partial charge in [-0.15, -0.1) is 0 Å². The van der Waals surface area contributed by atoms with Gasteiger partial charge in [-0.25, -0.2) is 5.06 Å². The van der Waals surface area contributed by atoms with Crippen LogP contribution in [-0.4, -0.2) is 30.1 Å². The number of rotatable bonds is 2. The Balaban J connectivity index is 2.89. The molecule has 70 valence electrons. The van der Waals surface area contributed by atoms with Crippen molar-refractivity contribution in [2.45, 2.75) is 6.92 Å². The van der Waals surface area contributed by atoms with Crippen LogP contribution in [0.4, 0.5) is 0 Å². The maximum absolute atomic E-state index is 11.5. The first kappa shape index (κ1) is 9.67. The molecule has 0 aliphatic carbocycles. The van der Waals surface area contributed by atoms with Crippen molar-refractivity contribution in [1.82, 2.24) is 10.0 Å². The van der Waals surface area contributed by atoms with Crippen LogP contribution in [0, 0.1) is 6.92 Å². The van der Waals surface area contributed by atoms with Crippen LogP contribution in [0.15, 0.2) is 18.3 Å². The summed E-state index contributed by atoms with van der Waals surface area (Å²) in [5.74, 6) is -0.244. The van der Waals surface area contributed by atoms with Crippen LogP contribution in [0.1, 0.15) is 16.1 Å². The number of hydrogen-bond donors (Lipinski definition) is 0. The van der Waals surface area contributed by atoms with Crippen molar-refractivity contribution in [1.29, 1.82) is 0 Å². The van der Waals surface area contributed by atoms with E-state index >= 15 is 0 Å². The van der Waals surface area contributed by atoms with E-state index in [1.165, 1.54) is 7.11 Å².